The first-order valence-electron chi connectivity index (χ1n) is 7.52. The number of amides is 2. The second-order valence-corrected chi connectivity index (χ2v) is 6.93. The fourth-order valence-electron chi connectivity index (χ4n) is 2.96. The van der Waals surface area contributed by atoms with Gasteiger partial charge in [-0.05, 0) is 12.3 Å². The monoisotopic (exact) mass is 292 g/mol. The van der Waals surface area contributed by atoms with E-state index in [1.54, 1.807) is 6.20 Å². The minimum absolute atomic E-state index is 0.106. The SMILES string of the molecule is CC(C)C[C@@]1(C)CC(=O)N(Cc2ncc(C(C)C)o2)C1=O. The van der Waals surface area contributed by atoms with Crippen LogP contribution in [0.4, 0.5) is 0 Å². The van der Waals surface area contributed by atoms with Gasteiger partial charge in [-0.2, -0.15) is 0 Å². The molecule has 2 heterocycles. The van der Waals surface area contributed by atoms with Crippen molar-refractivity contribution < 1.29 is 14.0 Å². The highest BCUT2D eigenvalue weighted by Crippen LogP contribution is 2.38. The summed E-state index contributed by atoms with van der Waals surface area (Å²) in [7, 11) is 0. The molecular formula is C16H24N2O3. The molecule has 0 unspecified atom stereocenters. The summed E-state index contributed by atoms with van der Waals surface area (Å²) in [5.41, 5.74) is -0.585. The van der Waals surface area contributed by atoms with Crippen LogP contribution in [0.5, 0.6) is 0 Å². The highest BCUT2D eigenvalue weighted by molar-refractivity contribution is 6.05. The Labute approximate surface area is 125 Å². The highest BCUT2D eigenvalue weighted by Gasteiger charge is 2.48. The Bertz CT molecular complexity index is 547. The van der Waals surface area contributed by atoms with Crippen LogP contribution in [-0.2, 0) is 16.1 Å². The molecule has 1 aromatic heterocycles. The van der Waals surface area contributed by atoms with Crippen molar-refractivity contribution in [3.05, 3.63) is 17.8 Å². The van der Waals surface area contributed by atoms with Crippen molar-refractivity contribution >= 4 is 11.8 Å². The zero-order valence-electron chi connectivity index (χ0n) is 13.5. The molecule has 1 fully saturated rings. The predicted octanol–water partition coefficient (Wildman–Crippen LogP) is 3.11. The number of likely N-dealkylation sites (tertiary alicyclic amines) is 1. The molecule has 1 aliphatic rings. The third-order valence-electron chi connectivity index (χ3n) is 3.90. The van der Waals surface area contributed by atoms with E-state index in [2.05, 4.69) is 18.8 Å². The largest absolute Gasteiger partial charge is 0.443 e. The van der Waals surface area contributed by atoms with E-state index in [1.807, 2.05) is 20.8 Å². The fourth-order valence-corrected chi connectivity index (χ4v) is 2.96. The van der Waals surface area contributed by atoms with Gasteiger partial charge in [0.1, 0.15) is 12.3 Å². The van der Waals surface area contributed by atoms with Gasteiger partial charge in [0.15, 0.2) is 0 Å². The molecule has 5 nitrogen and oxygen atoms in total. The zero-order chi connectivity index (χ0) is 15.8. The second kappa shape index (κ2) is 5.62. The molecule has 0 N–H and O–H groups in total. The van der Waals surface area contributed by atoms with Crippen molar-refractivity contribution in [3.8, 4) is 0 Å². The molecule has 1 atom stereocenters. The molecule has 1 aromatic rings. The van der Waals surface area contributed by atoms with Crippen molar-refractivity contribution in [1.29, 1.82) is 0 Å². The molecule has 116 valence electrons. The minimum Gasteiger partial charge on any atom is -0.443 e. The number of hydrogen-bond donors (Lipinski definition) is 0. The van der Waals surface area contributed by atoms with Gasteiger partial charge in [-0.25, -0.2) is 4.98 Å². The van der Waals surface area contributed by atoms with Crippen LogP contribution in [0.3, 0.4) is 0 Å². The van der Waals surface area contributed by atoms with Crippen molar-refractivity contribution in [2.24, 2.45) is 11.3 Å². The number of carbonyl (C=O) groups is 2. The lowest BCUT2D eigenvalue weighted by molar-refractivity contribution is -0.142. The summed E-state index contributed by atoms with van der Waals surface area (Å²) >= 11 is 0. The normalized spacial score (nSPS) is 22.9. The molecule has 5 heteroatoms. The van der Waals surface area contributed by atoms with Crippen molar-refractivity contribution in [2.75, 3.05) is 0 Å². The average Bonchev–Trinajstić information content (AvgIpc) is 2.88. The maximum absolute atomic E-state index is 12.6. The summed E-state index contributed by atoms with van der Waals surface area (Å²) in [4.78, 5) is 30.2. The van der Waals surface area contributed by atoms with Gasteiger partial charge >= 0.3 is 0 Å². The molecule has 0 bridgehead atoms. The molecule has 21 heavy (non-hydrogen) atoms. The van der Waals surface area contributed by atoms with Crippen LogP contribution in [0.15, 0.2) is 10.6 Å². The van der Waals surface area contributed by atoms with Crippen LogP contribution in [0.25, 0.3) is 0 Å². The van der Waals surface area contributed by atoms with Crippen LogP contribution in [0, 0.1) is 11.3 Å². The summed E-state index contributed by atoms with van der Waals surface area (Å²) in [5, 5.41) is 0. The van der Waals surface area contributed by atoms with Gasteiger partial charge in [0.05, 0.1) is 11.6 Å². The van der Waals surface area contributed by atoms with E-state index in [-0.39, 0.29) is 30.7 Å². The quantitative estimate of drug-likeness (QED) is 0.782. The topological polar surface area (TPSA) is 63.4 Å². The maximum Gasteiger partial charge on any atom is 0.236 e. The van der Waals surface area contributed by atoms with Gasteiger partial charge in [-0.1, -0.05) is 34.6 Å². The third-order valence-corrected chi connectivity index (χ3v) is 3.90. The number of hydrogen-bond acceptors (Lipinski definition) is 4. The Kier molecular flexibility index (Phi) is 4.21. The number of nitrogens with zero attached hydrogens (tertiary/aromatic N) is 2. The predicted molar refractivity (Wildman–Crippen MR) is 78.3 cm³/mol. The molecule has 0 radical (unpaired) electrons. The number of rotatable bonds is 5. The third kappa shape index (κ3) is 3.17. The Morgan fingerprint density at radius 2 is 2.00 bits per heavy atom. The van der Waals surface area contributed by atoms with Gasteiger partial charge in [-0.15, -0.1) is 0 Å². The smallest absolute Gasteiger partial charge is 0.236 e. The van der Waals surface area contributed by atoms with E-state index in [0.717, 1.165) is 12.2 Å². The number of aromatic nitrogens is 1. The first-order chi connectivity index (χ1) is 9.73. The molecule has 0 saturated carbocycles. The number of oxazole rings is 1. The van der Waals surface area contributed by atoms with Crippen LogP contribution in [0.2, 0.25) is 0 Å². The summed E-state index contributed by atoms with van der Waals surface area (Å²) in [6.45, 7) is 10.2. The van der Waals surface area contributed by atoms with E-state index in [0.29, 0.717) is 11.8 Å². The molecule has 2 rings (SSSR count). The first kappa shape index (κ1) is 15.7. The van der Waals surface area contributed by atoms with E-state index >= 15 is 0 Å². The van der Waals surface area contributed by atoms with Gasteiger partial charge in [0.25, 0.3) is 0 Å². The van der Waals surface area contributed by atoms with Crippen molar-refractivity contribution in [3.63, 3.8) is 0 Å². The Morgan fingerprint density at radius 1 is 1.33 bits per heavy atom. The van der Waals surface area contributed by atoms with Gasteiger partial charge in [0, 0.05) is 12.3 Å². The van der Waals surface area contributed by atoms with E-state index in [9.17, 15) is 9.59 Å². The van der Waals surface area contributed by atoms with Crippen LogP contribution >= 0.6 is 0 Å². The lowest BCUT2D eigenvalue weighted by Crippen LogP contribution is -2.34. The van der Waals surface area contributed by atoms with Gasteiger partial charge < -0.3 is 4.42 Å². The molecular weight excluding hydrogens is 268 g/mol. The van der Waals surface area contributed by atoms with Crippen molar-refractivity contribution in [2.45, 2.75) is 59.9 Å². The van der Waals surface area contributed by atoms with Crippen LogP contribution < -0.4 is 0 Å². The lowest BCUT2D eigenvalue weighted by Gasteiger charge is -2.23. The first-order valence-corrected chi connectivity index (χ1v) is 7.52. The van der Waals surface area contributed by atoms with E-state index < -0.39 is 5.41 Å². The van der Waals surface area contributed by atoms with Crippen LogP contribution in [-0.4, -0.2) is 21.7 Å². The highest BCUT2D eigenvalue weighted by atomic mass is 16.4. The van der Waals surface area contributed by atoms with Crippen LogP contribution in [0.1, 0.15) is 65.0 Å². The van der Waals surface area contributed by atoms with Gasteiger partial charge in [0.2, 0.25) is 17.7 Å². The number of imide groups is 1. The fraction of sp³-hybridized carbons (Fsp3) is 0.688. The maximum atomic E-state index is 12.6. The van der Waals surface area contributed by atoms with Gasteiger partial charge in [-0.3, -0.25) is 14.5 Å². The van der Waals surface area contributed by atoms with Crippen molar-refractivity contribution in [1.82, 2.24) is 9.88 Å². The average molecular weight is 292 g/mol. The summed E-state index contributed by atoms with van der Waals surface area (Å²) in [6, 6.07) is 0. The molecule has 0 aromatic carbocycles. The molecule has 0 spiro atoms. The van der Waals surface area contributed by atoms with E-state index in [4.69, 9.17) is 4.42 Å². The second-order valence-electron chi connectivity index (χ2n) is 6.93. The Balaban J connectivity index is 2.13. The Morgan fingerprint density at radius 3 is 2.52 bits per heavy atom. The zero-order valence-corrected chi connectivity index (χ0v) is 13.5. The molecule has 1 saturated heterocycles. The van der Waals surface area contributed by atoms with E-state index in [1.165, 1.54) is 4.90 Å². The lowest BCUT2D eigenvalue weighted by atomic mass is 9.80. The molecule has 2 amide bonds. The standard InChI is InChI=1S/C16H24N2O3/c1-10(2)6-16(5)7-14(19)18(15(16)20)9-13-17-8-12(21-13)11(3)4/h8,10-11H,6-7,9H2,1-5H3/t16-/m0/s1. The molecule has 0 aliphatic carbocycles. The minimum atomic E-state index is -0.585. The summed E-state index contributed by atoms with van der Waals surface area (Å²) < 4.78 is 5.60. The molecule has 1 aliphatic heterocycles. The number of carbonyl (C=O) groups excluding carboxylic acids is 2. The summed E-state index contributed by atoms with van der Waals surface area (Å²) in [6.07, 6.45) is 2.66. The Hall–Kier alpha value is -1.65. The summed E-state index contributed by atoms with van der Waals surface area (Å²) in [5.74, 6) is 1.57.